The van der Waals surface area contributed by atoms with E-state index in [9.17, 15) is 0 Å². The Labute approximate surface area is 111 Å². The number of aryl methyl sites for hydroxylation is 1. The van der Waals surface area contributed by atoms with Crippen LogP contribution in [0.1, 0.15) is 17.4 Å². The number of aromatic nitrogens is 2. The summed E-state index contributed by atoms with van der Waals surface area (Å²) >= 11 is 1.76. The van der Waals surface area contributed by atoms with Gasteiger partial charge < -0.3 is 10.3 Å². The van der Waals surface area contributed by atoms with Crippen molar-refractivity contribution in [2.24, 2.45) is 0 Å². The lowest BCUT2D eigenvalue weighted by atomic mass is 10.2. The SMILES string of the molecule is Cc1ccsc1-c1cnc(C2CNCCN2C)[nH]1. The molecule has 0 radical (unpaired) electrons. The first-order valence-corrected chi connectivity index (χ1v) is 7.14. The van der Waals surface area contributed by atoms with Crippen molar-refractivity contribution in [1.82, 2.24) is 20.2 Å². The Hall–Kier alpha value is -1.17. The number of H-pyrrole nitrogens is 1. The quantitative estimate of drug-likeness (QED) is 0.870. The average Bonchev–Trinajstić information content (AvgIpc) is 2.98. The van der Waals surface area contributed by atoms with Crippen molar-refractivity contribution in [2.75, 3.05) is 26.7 Å². The number of imidazole rings is 1. The van der Waals surface area contributed by atoms with Gasteiger partial charge in [-0.2, -0.15) is 0 Å². The summed E-state index contributed by atoms with van der Waals surface area (Å²) in [6, 6.07) is 2.50. The van der Waals surface area contributed by atoms with Gasteiger partial charge in [0.05, 0.1) is 22.8 Å². The highest BCUT2D eigenvalue weighted by Gasteiger charge is 2.23. The third-order valence-corrected chi connectivity index (χ3v) is 4.58. The summed E-state index contributed by atoms with van der Waals surface area (Å²) in [4.78, 5) is 11.7. The molecule has 2 N–H and O–H groups in total. The number of likely N-dealkylation sites (N-methyl/N-ethyl adjacent to an activating group) is 1. The Balaban J connectivity index is 1.87. The molecule has 3 rings (SSSR count). The van der Waals surface area contributed by atoms with Crippen LogP contribution in [0.15, 0.2) is 17.6 Å². The van der Waals surface area contributed by atoms with Crippen LogP contribution in [-0.4, -0.2) is 41.5 Å². The van der Waals surface area contributed by atoms with E-state index in [1.54, 1.807) is 11.3 Å². The van der Waals surface area contributed by atoms with Crippen LogP contribution in [0.25, 0.3) is 10.6 Å². The van der Waals surface area contributed by atoms with Gasteiger partial charge in [0.1, 0.15) is 5.82 Å². The zero-order chi connectivity index (χ0) is 12.5. The minimum absolute atomic E-state index is 0.354. The minimum Gasteiger partial charge on any atom is -0.340 e. The second-order valence-corrected chi connectivity index (χ2v) is 5.73. The first-order valence-electron chi connectivity index (χ1n) is 6.26. The molecule has 0 aliphatic carbocycles. The van der Waals surface area contributed by atoms with Crippen LogP contribution >= 0.6 is 11.3 Å². The molecule has 1 fully saturated rings. The number of hydrogen-bond donors (Lipinski definition) is 2. The molecule has 1 aliphatic rings. The van der Waals surface area contributed by atoms with Crippen molar-refractivity contribution in [2.45, 2.75) is 13.0 Å². The fraction of sp³-hybridized carbons (Fsp3) is 0.462. The third-order valence-electron chi connectivity index (χ3n) is 3.53. The van der Waals surface area contributed by atoms with E-state index in [-0.39, 0.29) is 0 Å². The molecule has 4 nitrogen and oxygen atoms in total. The first-order chi connectivity index (χ1) is 8.75. The van der Waals surface area contributed by atoms with Gasteiger partial charge in [-0.05, 0) is 31.0 Å². The molecule has 1 saturated heterocycles. The average molecular weight is 262 g/mol. The zero-order valence-electron chi connectivity index (χ0n) is 10.7. The van der Waals surface area contributed by atoms with Gasteiger partial charge in [0.25, 0.3) is 0 Å². The molecule has 2 aromatic rings. The lowest BCUT2D eigenvalue weighted by Gasteiger charge is -2.31. The van der Waals surface area contributed by atoms with E-state index in [1.165, 1.54) is 10.4 Å². The maximum absolute atomic E-state index is 4.56. The third kappa shape index (κ3) is 2.09. The number of hydrogen-bond acceptors (Lipinski definition) is 4. The predicted octanol–water partition coefficient (Wildman–Crippen LogP) is 2.02. The summed E-state index contributed by atoms with van der Waals surface area (Å²) in [5.74, 6) is 1.06. The number of aromatic amines is 1. The summed E-state index contributed by atoms with van der Waals surface area (Å²) in [5, 5.41) is 5.54. The van der Waals surface area contributed by atoms with Gasteiger partial charge in [-0.3, -0.25) is 4.90 Å². The fourth-order valence-electron chi connectivity index (χ4n) is 2.38. The Kier molecular flexibility index (Phi) is 3.20. The highest BCUT2D eigenvalue weighted by molar-refractivity contribution is 7.13. The Morgan fingerprint density at radius 2 is 2.39 bits per heavy atom. The van der Waals surface area contributed by atoms with Crippen LogP contribution in [-0.2, 0) is 0 Å². The lowest BCUT2D eigenvalue weighted by molar-refractivity contribution is 0.195. The van der Waals surface area contributed by atoms with E-state index < -0.39 is 0 Å². The molecule has 0 saturated carbocycles. The second kappa shape index (κ2) is 4.84. The molecule has 0 bridgehead atoms. The van der Waals surface area contributed by atoms with Gasteiger partial charge in [0.2, 0.25) is 0 Å². The number of piperazine rings is 1. The molecular weight excluding hydrogens is 244 g/mol. The molecule has 18 heavy (non-hydrogen) atoms. The molecule has 1 aliphatic heterocycles. The van der Waals surface area contributed by atoms with Crippen LogP contribution in [0.2, 0.25) is 0 Å². The van der Waals surface area contributed by atoms with Gasteiger partial charge in [0, 0.05) is 19.6 Å². The topological polar surface area (TPSA) is 44.0 Å². The van der Waals surface area contributed by atoms with Crippen molar-refractivity contribution in [3.63, 3.8) is 0 Å². The van der Waals surface area contributed by atoms with Gasteiger partial charge in [-0.1, -0.05) is 0 Å². The minimum atomic E-state index is 0.354. The van der Waals surface area contributed by atoms with Crippen LogP contribution in [0.5, 0.6) is 0 Å². The fourth-order valence-corrected chi connectivity index (χ4v) is 3.27. The summed E-state index contributed by atoms with van der Waals surface area (Å²) in [5.41, 5.74) is 2.45. The number of rotatable bonds is 2. The number of thiophene rings is 1. The molecule has 96 valence electrons. The summed E-state index contributed by atoms with van der Waals surface area (Å²) in [6.45, 7) is 5.23. The van der Waals surface area contributed by atoms with Crippen molar-refractivity contribution >= 4 is 11.3 Å². The molecule has 0 spiro atoms. The highest BCUT2D eigenvalue weighted by atomic mass is 32.1. The summed E-state index contributed by atoms with van der Waals surface area (Å²) in [7, 11) is 2.16. The second-order valence-electron chi connectivity index (χ2n) is 4.82. The van der Waals surface area contributed by atoms with Crippen LogP contribution in [0.3, 0.4) is 0 Å². The normalized spacial score (nSPS) is 21.3. The van der Waals surface area contributed by atoms with Crippen molar-refractivity contribution in [3.05, 3.63) is 29.0 Å². The number of nitrogens with zero attached hydrogens (tertiary/aromatic N) is 2. The molecular formula is C13H18N4S. The van der Waals surface area contributed by atoms with E-state index in [0.29, 0.717) is 6.04 Å². The molecule has 3 heterocycles. The maximum atomic E-state index is 4.56. The molecule has 2 aromatic heterocycles. The van der Waals surface area contributed by atoms with E-state index in [4.69, 9.17) is 0 Å². The summed E-state index contributed by atoms with van der Waals surface area (Å²) < 4.78 is 0. The van der Waals surface area contributed by atoms with E-state index in [0.717, 1.165) is 31.2 Å². The molecule has 0 amide bonds. The standard InChI is InChI=1S/C13H18N4S/c1-9-3-6-18-12(9)10-7-15-13(16-10)11-8-14-4-5-17(11)2/h3,6-7,11,14H,4-5,8H2,1-2H3,(H,15,16). The Morgan fingerprint density at radius 1 is 1.50 bits per heavy atom. The predicted molar refractivity (Wildman–Crippen MR) is 74.9 cm³/mol. The van der Waals surface area contributed by atoms with E-state index in [2.05, 4.69) is 45.6 Å². The van der Waals surface area contributed by atoms with Gasteiger partial charge >= 0.3 is 0 Å². The van der Waals surface area contributed by atoms with Crippen molar-refractivity contribution < 1.29 is 0 Å². The Morgan fingerprint density at radius 3 is 3.11 bits per heavy atom. The maximum Gasteiger partial charge on any atom is 0.125 e. The van der Waals surface area contributed by atoms with Crippen molar-refractivity contribution in [1.29, 1.82) is 0 Å². The Bertz CT molecular complexity index is 531. The van der Waals surface area contributed by atoms with Crippen LogP contribution in [0, 0.1) is 6.92 Å². The van der Waals surface area contributed by atoms with Gasteiger partial charge in [-0.25, -0.2) is 4.98 Å². The highest BCUT2D eigenvalue weighted by Crippen LogP contribution is 2.29. The monoisotopic (exact) mass is 262 g/mol. The van der Waals surface area contributed by atoms with Crippen LogP contribution < -0.4 is 5.32 Å². The smallest absolute Gasteiger partial charge is 0.125 e. The van der Waals surface area contributed by atoms with E-state index in [1.807, 2.05) is 6.20 Å². The molecule has 1 atom stereocenters. The first kappa shape index (κ1) is 11.9. The lowest BCUT2D eigenvalue weighted by Crippen LogP contribution is -2.44. The summed E-state index contributed by atoms with van der Waals surface area (Å²) in [6.07, 6.45) is 1.95. The van der Waals surface area contributed by atoms with Crippen LogP contribution in [0.4, 0.5) is 0 Å². The van der Waals surface area contributed by atoms with E-state index >= 15 is 0 Å². The van der Waals surface area contributed by atoms with Gasteiger partial charge in [0.15, 0.2) is 0 Å². The van der Waals surface area contributed by atoms with Crippen molar-refractivity contribution in [3.8, 4) is 10.6 Å². The number of nitrogens with one attached hydrogen (secondary N) is 2. The molecule has 1 unspecified atom stereocenters. The molecule has 5 heteroatoms. The largest absolute Gasteiger partial charge is 0.340 e. The zero-order valence-corrected chi connectivity index (χ0v) is 11.5. The van der Waals surface area contributed by atoms with Gasteiger partial charge in [-0.15, -0.1) is 11.3 Å². The molecule has 0 aromatic carbocycles.